The molecule has 1 aliphatic heterocycles. The van der Waals surface area contributed by atoms with E-state index in [1.807, 2.05) is 4.90 Å². The quantitative estimate of drug-likeness (QED) is 0.613. The highest BCUT2D eigenvalue weighted by molar-refractivity contribution is 5.60. The van der Waals surface area contributed by atoms with Crippen LogP contribution < -0.4 is 16.2 Å². The van der Waals surface area contributed by atoms with Crippen molar-refractivity contribution in [3.63, 3.8) is 0 Å². The van der Waals surface area contributed by atoms with Gasteiger partial charge in [-0.3, -0.25) is 4.79 Å². The minimum absolute atomic E-state index is 0.175. The van der Waals surface area contributed by atoms with E-state index in [1.165, 1.54) is 6.33 Å². The lowest BCUT2D eigenvalue weighted by Gasteiger charge is -2.28. The van der Waals surface area contributed by atoms with E-state index in [1.54, 1.807) is 0 Å². The molecule has 0 unspecified atom stereocenters. The smallest absolute Gasteiger partial charge is 0.276 e. The number of aromatic nitrogens is 2. The molecule has 1 aromatic heterocycles. The first-order valence-corrected chi connectivity index (χ1v) is 4.45. The largest absolute Gasteiger partial charge is 0.391 e. The lowest BCUT2D eigenvalue weighted by atomic mass is 10.3. The lowest BCUT2D eigenvalue weighted by Crippen LogP contribution is -2.38. The summed E-state index contributed by atoms with van der Waals surface area (Å²) in [4.78, 5) is 19.6. The molecule has 3 N–H and O–H groups in total. The van der Waals surface area contributed by atoms with Crippen molar-refractivity contribution in [3.8, 4) is 0 Å². The summed E-state index contributed by atoms with van der Waals surface area (Å²) in [6, 6.07) is 0. The Morgan fingerprint density at radius 1 is 1.50 bits per heavy atom. The summed E-state index contributed by atoms with van der Waals surface area (Å²) in [5.41, 5.74) is 5.51. The van der Waals surface area contributed by atoms with Gasteiger partial charge in [0.2, 0.25) is 0 Å². The van der Waals surface area contributed by atoms with Crippen LogP contribution in [0.3, 0.4) is 0 Å². The van der Waals surface area contributed by atoms with Crippen molar-refractivity contribution in [1.29, 1.82) is 0 Å². The molecule has 2 heterocycles. The Morgan fingerprint density at radius 3 is 2.93 bits per heavy atom. The number of hydrogen-bond donors (Lipinski definition) is 2. The predicted octanol–water partition coefficient (Wildman–Crippen LogP) is -0.811. The zero-order valence-electron chi connectivity index (χ0n) is 7.69. The normalized spacial score (nSPS) is 17.0. The van der Waals surface area contributed by atoms with Gasteiger partial charge in [0, 0.05) is 13.1 Å². The highest BCUT2D eigenvalue weighted by Crippen LogP contribution is 2.15. The Morgan fingerprint density at radius 2 is 2.21 bits per heavy atom. The van der Waals surface area contributed by atoms with Crippen LogP contribution in [0.1, 0.15) is 0 Å². The molecule has 6 heteroatoms. The maximum absolute atomic E-state index is 11.2. The summed E-state index contributed by atoms with van der Waals surface area (Å²) < 4.78 is 5.20. The van der Waals surface area contributed by atoms with Crippen LogP contribution in [0.15, 0.2) is 11.1 Å². The minimum Gasteiger partial charge on any atom is -0.391 e. The van der Waals surface area contributed by atoms with Gasteiger partial charge in [0.05, 0.1) is 19.5 Å². The number of ether oxygens (including phenoxy) is 1. The molecule has 14 heavy (non-hydrogen) atoms. The van der Waals surface area contributed by atoms with Crippen LogP contribution in [0, 0.1) is 0 Å². The van der Waals surface area contributed by atoms with Crippen LogP contribution in [-0.2, 0) is 4.74 Å². The third kappa shape index (κ3) is 1.56. The van der Waals surface area contributed by atoms with Crippen molar-refractivity contribution < 1.29 is 4.74 Å². The molecule has 0 spiro atoms. The third-order valence-corrected chi connectivity index (χ3v) is 2.18. The van der Waals surface area contributed by atoms with Crippen LogP contribution in [-0.4, -0.2) is 36.3 Å². The summed E-state index contributed by atoms with van der Waals surface area (Å²) in [5.74, 6) is 0.553. The summed E-state index contributed by atoms with van der Waals surface area (Å²) in [6.45, 7) is 2.74. The second-order valence-electron chi connectivity index (χ2n) is 3.07. The van der Waals surface area contributed by atoms with E-state index in [0.717, 1.165) is 13.1 Å². The molecule has 0 aromatic carbocycles. The molecule has 1 aromatic rings. The van der Waals surface area contributed by atoms with Crippen molar-refractivity contribution in [2.24, 2.45) is 0 Å². The molecular formula is C8H12N4O2. The van der Waals surface area contributed by atoms with Crippen LogP contribution in [0.2, 0.25) is 0 Å². The number of anilines is 2. The number of morpholine rings is 1. The Hall–Kier alpha value is -1.56. The van der Waals surface area contributed by atoms with Crippen molar-refractivity contribution in [2.45, 2.75) is 0 Å². The number of aromatic amines is 1. The average molecular weight is 196 g/mol. The lowest BCUT2D eigenvalue weighted by molar-refractivity contribution is 0.122. The van der Waals surface area contributed by atoms with Gasteiger partial charge in [-0.25, -0.2) is 4.98 Å². The molecule has 0 amide bonds. The van der Waals surface area contributed by atoms with Crippen LogP contribution in [0.5, 0.6) is 0 Å². The van der Waals surface area contributed by atoms with Gasteiger partial charge < -0.3 is 20.4 Å². The Bertz CT molecular complexity index is 370. The summed E-state index contributed by atoms with van der Waals surface area (Å²) in [5, 5.41) is 0. The van der Waals surface area contributed by atoms with Crippen LogP contribution >= 0.6 is 0 Å². The molecule has 0 radical (unpaired) electrons. The molecule has 0 atom stereocenters. The molecular weight excluding hydrogens is 184 g/mol. The van der Waals surface area contributed by atoms with E-state index in [-0.39, 0.29) is 11.2 Å². The molecule has 0 aliphatic carbocycles. The van der Waals surface area contributed by atoms with E-state index < -0.39 is 0 Å². The van der Waals surface area contributed by atoms with Gasteiger partial charge in [-0.15, -0.1) is 0 Å². The van der Waals surface area contributed by atoms with Gasteiger partial charge in [-0.2, -0.15) is 0 Å². The van der Waals surface area contributed by atoms with Gasteiger partial charge in [0.1, 0.15) is 5.69 Å². The number of rotatable bonds is 1. The number of nitrogens with two attached hydrogens (primary N) is 1. The van der Waals surface area contributed by atoms with E-state index in [0.29, 0.717) is 19.0 Å². The monoisotopic (exact) mass is 196 g/mol. The number of nitrogens with one attached hydrogen (secondary N) is 1. The third-order valence-electron chi connectivity index (χ3n) is 2.18. The Balaban J connectivity index is 2.30. The highest BCUT2D eigenvalue weighted by Gasteiger charge is 2.16. The van der Waals surface area contributed by atoms with Gasteiger partial charge in [0.25, 0.3) is 5.56 Å². The standard InChI is InChI=1S/C8H12N4O2/c9-6-7(10-5-11-8(6)13)12-1-3-14-4-2-12/h5H,1-4,9H2,(H,10,11,13). The van der Waals surface area contributed by atoms with Crippen LogP contribution in [0.4, 0.5) is 11.5 Å². The Labute approximate surface area is 80.7 Å². The fraction of sp³-hybridized carbons (Fsp3) is 0.500. The first kappa shape index (κ1) is 9.01. The summed E-state index contributed by atoms with van der Waals surface area (Å²) in [7, 11) is 0. The van der Waals surface area contributed by atoms with E-state index >= 15 is 0 Å². The van der Waals surface area contributed by atoms with Gasteiger partial charge >= 0.3 is 0 Å². The summed E-state index contributed by atoms with van der Waals surface area (Å²) >= 11 is 0. The van der Waals surface area contributed by atoms with Gasteiger partial charge in [-0.1, -0.05) is 0 Å². The van der Waals surface area contributed by atoms with E-state index in [9.17, 15) is 4.79 Å². The molecule has 2 rings (SSSR count). The maximum atomic E-state index is 11.2. The second kappa shape index (κ2) is 3.67. The van der Waals surface area contributed by atoms with Crippen molar-refractivity contribution >= 4 is 11.5 Å². The number of H-pyrrole nitrogens is 1. The fourth-order valence-electron chi connectivity index (χ4n) is 1.43. The first-order valence-electron chi connectivity index (χ1n) is 4.45. The van der Waals surface area contributed by atoms with Crippen molar-refractivity contribution in [3.05, 3.63) is 16.7 Å². The summed E-state index contributed by atoms with van der Waals surface area (Å²) in [6.07, 6.45) is 1.36. The van der Waals surface area contributed by atoms with Crippen molar-refractivity contribution in [1.82, 2.24) is 9.97 Å². The van der Waals surface area contributed by atoms with Crippen molar-refractivity contribution in [2.75, 3.05) is 36.9 Å². The topological polar surface area (TPSA) is 84.2 Å². The fourth-order valence-corrected chi connectivity index (χ4v) is 1.43. The van der Waals surface area contributed by atoms with Gasteiger partial charge in [-0.05, 0) is 0 Å². The number of nitrogens with zero attached hydrogens (tertiary/aromatic N) is 2. The molecule has 1 fully saturated rings. The second-order valence-corrected chi connectivity index (χ2v) is 3.07. The highest BCUT2D eigenvalue weighted by atomic mass is 16.5. The average Bonchev–Trinajstić information content (AvgIpc) is 2.23. The molecule has 1 aliphatic rings. The minimum atomic E-state index is -0.290. The Kier molecular flexibility index (Phi) is 2.36. The van der Waals surface area contributed by atoms with E-state index in [2.05, 4.69) is 9.97 Å². The molecule has 0 bridgehead atoms. The molecule has 6 nitrogen and oxygen atoms in total. The van der Waals surface area contributed by atoms with Crippen LogP contribution in [0.25, 0.3) is 0 Å². The van der Waals surface area contributed by atoms with Gasteiger partial charge in [0.15, 0.2) is 5.82 Å². The SMILES string of the molecule is Nc1c(N2CCOCC2)nc[nH]c1=O. The molecule has 76 valence electrons. The maximum Gasteiger partial charge on any atom is 0.276 e. The zero-order valence-corrected chi connectivity index (χ0v) is 7.69. The molecule has 0 saturated carbocycles. The first-order chi connectivity index (χ1) is 6.79. The van der Waals surface area contributed by atoms with E-state index in [4.69, 9.17) is 10.5 Å². The number of hydrogen-bond acceptors (Lipinski definition) is 5. The molecule has 1 saturated heterocycles. The number of nitrogen functional groups attached to an aromatic ring is 1. The zero-order chi connectivity index (χ0) is 9.97. The predicted molar refractivity (Wildman–Crippen MR) is 52.3 cm³/mol.